The van der Waals surface area contributed by atoms with Gasteiger partial charge >= 0.3 is 5.69 Å². The summed E-state index contributed by atoms with van der Waals surface area (Å²) in [7, 11) is 0. The van der Waals surface area contributed by atoms with E-state index in [2.05, 4.69) is 10.00 Å². The first-order valence-corrected chi connectivity index (χ1v) is 9.36. The molecule has 0 radical (unpaired) electrons. The van der Waals surface area contributed by atoms with Gasteiger partial charge in [-0.1, -0.05) is 18.2 Å². The maximum absolute atomic E-state index is 12.7. The van der Waals surface area contributed by atoms with E-state index in [1.807, 2.05) is 47.4 Å². The number of rotatable bonds is 5. The Bertz CT molecular complexity index is 983. The van der Waals surface area contributed by atoms with Crippen LogP contribution in [0.15, 0.2) is 57.9 Å². The molecule has 0 spiro atoms. The Hall–Kier alpha value is -3.13. The summed E-state index contributed by atoms with van der Waals surface area (Å²) in [4.78, 5) is 29.5. The van der Waals surface area contributed by atoms with Crippen molar-refractivity contribution in [3.05, 3.63) is 70.8 Å². The van der Waals surface area contributed by atoms with Gasteiger partial charge in [-0.3, -0.25) is 14.3 Å². The number of hydrogen-bond acceptors (Lipinski definition) is 5. The second kappa shape index (κ2) is 7.85. The minimum atomic E-state index is -0.298. The van der Waals surface area contributed by atoms with Crippen molar-refractivity contribution >= 4 is 5.91 Å². The number of aromatic nitrogens is 3. The highest BCUT2D eigenvalue weighted by molar-refractivity contribution is 5.76. The molecule has 8 nitrogen and oxygen atoms in total. The van der Waals surface area contributed by atoms with E-state index in [0.717, 1.165) is 25.4 Å². The third-order valence-corrected chi connectivity index (χ3v) is 5.03. The molecule has 0 unspecified atom stereocenters. The van der Waals surface area contributed by atoms with Gasteiger partial charge in [0.05, 0.1) is 18.5 Å². The molecule has 1 fully saturated rings. The van der Waals surface area contributed by atoms with Crippen LogP contribution in [0.1, 0.15) is 11.6 Å². The van der Waals surface area contributed by atoms with Crippen LogP contribution in [0.5, 0.6) is 0 Å². The van der Waals surface area contributed by atoms with Gasteiger partial charge in [-0.05, 0) is 31.2 Å². The quantitative estimate of drug-likeness (QED) is 0.665. The zero-order chi connectivity index (χ0) is 19.5. The molecule has 1 amide bonds. The van der Waals surface area contributed by atoms with Gasteiger partial charge < -0.3 is 9.32 Å². The highest BCUT2D eigenvalue weighted by Crippen LogP contribution is 2.10. The Morgan fingerprint density at radius 3 is 2.50 bits per heavy atom. The van der Waals surface area contributed by atoms with Crippen LogP contribution < -0.4 is 5.69 Å². The third-order valence-electron chi connectivity index (χ3n) is 5.03. The zero-order valence-corrected chi connectivity index (χ0v) is 15.8. The van der Waals surface area contributed by atoms with Crippen LogP contribution >= 0.6 is 0 Å². The molecule has 1 saturated heterocycles. The fourth-order valence-electron chi connectivity index (χ4n) is 3.43. The van der Waals surface area contributed by atoms with Crippen LogP contribution in [0.25, 0.3) is 5.69 Å². The molecule has 146 valence electrons. The molecule has 1 aliphatic heterocycles. The maximum Gasteiger partial charge on any atom is 0.351 e. The Morgan fingerprint density at radius 1 is 1.07 bits per heavy atom. The molecule has 8 heteroatoms. The van der Waals surface area contributed by atoms with Crippen molar-refractivity contribution < 1.29 is 9.21 Å². The number of nitrogens with zero attached hydrogens (tertiary/aromatic N) is 5. The Balaban J connectivity index is 1.39. The van der Waals surface area contributed by atoms with Gasteiger partial charge in [-0.25, -0.2) is 4.79 Å². The molecule has 0 aliphatic carbocycles. The van der Waals surface area contributed by atoms with E-state index in [1.165, 1.54) is 9.25 Å². The summed E-state index contributed by atoms with van der Waals surface area (Å²) in [6.07, 6.45) is 1.67. The normalized spacial score (nSPS) is 15.1. The van der Waals surface area contributed by atoms with Crippen LogP contribution in [-0.4, -0.2) is 56.2 Å². The standard InChI is InChI=1S/C20H23N5O3/c1-16-21-25(17-6-3-2-4-7-17)20(27)24(16)15-19(26)23-11-9-22(10-12-23)14-18-8-5-13-28-18/h2-8,13H,9-12,14-15H2,1H3. The lowest BCUT2D eigenvalue weighted by molar-refractivity contribution is -0.133. The Kier molecular flexibility index (Phi) is 5.12. The number of piperazine rings is 1. The van der Waals surface area contributed by atoms with E-state index in [0.29, 0.717) is 24.6 Å². The van der Waals surface area contributed by atoms with E-state index < -0.39 is 0 Å². The molecule has 0 saturated carbocycles. The van der Waals surface area contributed by atoms with Gasteiger partial charge in [0.15, 0.2) is 0 Å². The summed E-state index contributed by atoms with van der Waals surface area (Å²) in [6, 6.07) is 13.1. The number of carbonyl (C=O) groups is 1. The zero-order valence-electron chi connectivity index (χ0n) is 15.8. The van der Waals surface area contributed by atoms with Crippen molar-refractivity contribution in [3.63, 3.8) is 0 Å². The molecule has 1 aliphatic rings. The van der Waals surface area contributed by atoms with Crippen molar-refractivity contribution in [2.45, 2.75) is 20.0 Å². The van der Waals surface area contributed by atoms with Crippen molar-refractivity contribution in [2.24, 2.45) is 0 Å². The van der Waals surface area contributed by atoms with Crippen molar-refractivity contribution in [1.29, 1.82) is 0 Å². The number of para-hydroxylation sites is 1. The third kappa shape index (κ3) is 3.77. The molecule has 0 bridgehead atoms. The van der Waals surface area contributed by atoms with E-state index in [1.54, 1.807) is 13.2 Å². The fraction of sp³-hybridized carbons (Fsp3) is 0.350. The fourth-order valence-corrected chi connectivity index (χ4v) is 3.43. The first kappa shape index (κ1) is 18.2. The summed E-state index contributed by atoms with van der Waals surface area (Å²) >= 11 is 0. The van der Waals surface area contributed by atoms with Crippen LogP contribution in [0.3, 0.4) is 0 Å². The molecule has 3 heterocycles. The smallest absolute Gasteiger partial charge is 0.351 e. The lowest BCUT2D eigenvalue weighted by atomic mass is 10.3. The van der Waals surface area contributed by atoms with E-state index >= 15 is 0 Å². The molecule has 2 aromatic heterocycles. The molecule has 3 aromatic rings. The predicted octanol–water partition coefficient (Wildman–Crippen LogP) is 1.28. The molecular weight excluding hydrogens is 358 g/mol. The number of hydrogen-bond donors (Lipinski definition) is 0. The summed E-state index contributed by atoms with van der Waals surface area (Å²) < 4.78 is 8.16. The molecule has 28 heavy (non-hydrogen) atoms. The van der Waals surface area contributed by atoms with E-state index in [4.69, 9.17) is 4.42 Å². The summed E-state index contributed by atoms with van der Waals surface area (Å²) in [6.45, 7) is 5.34. The van der Waals surface area contributed by atoms with Crippen LogP contribution in [0, 0.1) is 6.92 Å². The molecular formula is C20H23N5O3. The molecule has 1 aromatic carbocycles. The average molecular weight is 381 g/mol. The van der Waals surface area contributed by atoms with Gasteiger partial charge in [0.2, 0.25) is 5.91 Å². The first-order chi connectivity index (χ1) is 13.6. The summed E-state index contributed by atoms with van der Waals surface area (Å²) in [5.41, 5.74) is 0.391. The molecule has 4 rings (SSSR count). The number of amides is 1. The van der Waals surface area contributed by atoms with Crippen LogP contribution in [0.4, 0.5) is 0 Å². The second-order valence-electron chi connectivity index (χ2n) is 6.90. The average Bonchev–Trinajstić information content (AvgIpc) is 3.32. The number of furan rings is 1. The lowest BCUT2D eigenvalue weighted by Crippen LogP contribution is -2.49. The number of aryl methyl sites for hydroxylation is 1. The van der Waals surface area contributed by atoms with Crippen LogP contribution in [-0.2, 0) is 17.9 Å². The topological polar surface area (TPSA) is 76.5 Å². The summed E-state index contributed by atoms with van der Waals surface area (Å²) in [5, 5.41) is 4.31. The second-order valence-corrected chi connectivity index (χ2v) is 6.90. The van der Waals surface area contributed by atoms with Crippen LogP contribution in [0.2, 0.25) is 0 Å². The van der Waals surface area contributed by atoms with Gasteiger partial charge in [0.25, 0.3) is 0 Å². The highest BCUT2D eigenvalue weighted by atomic mass is 16.3. The Morgan fingerprint density at radius 2 is 1.82 bits per heavy atom. The first-order valence-electron chi connectivity index (χ1n) is 9.36. The van der Waals surface area contributed by atoms with Gasteiger partial charge in [-0.2, -0.15) is 9.78 Å². The monoisotopic (exact) mass is 381 g/mol. The highest BCUT2D eigenvalue weighted by Gasteiger charge is 2.23. The number of benzene rings is 1. The van der Waals surface area contributed by atoms with E-state index in [-0.39, 0.29) is 18.1 Å². The van der Waals surface area contributed by atoms with Crippen molar-refractivity contribution in [1.82, 2.24) is 24.1 Å². The predicted molar refractivity (Wildman–Crippen MR) is 103 cm³/mol. The molecule has 0 N–H and O–H groups in total. The Labute approximate surface area is 162 Å². The minimum Gasteiger partial charge on any atom is -0.468 e. The summed E-state index contributed by atoms with van der Waals surface area (Å²) in [5.74, 6) is 1.39. The van der Waals surface area contributed by atoms with Gasteiger partial charge in [0, 0.05) is 26.2 Å². The van der Waals surface area contributed by atoms with Gasteiger partial charge in [0.1, 0.15) is 18.1 Å². The van der Waals surface area contributed by atoms with E-state index in [9.17, 15) is 9.59 Å². The minimum absolute atomic E-state index is 0.00961. The SMILES string of the molecule is Cc1nn(-c2ccccc2)c(=O)n1CC(=O)N1CCN(Cc2ccco2)CC1. The van der Waals surface area contributed by atoms with Gasteiger partial charge in [-0.15, -0.1) is 0 Å². The van der Waals surface area contributed by atoms with Crippen molar-refractivity contribution in [2.75, 3.05) is 26.2 Å². The van der Waals surface area contributed by atoms with Crippen molar-refractivity contribution in [3.8, 4) is 5.69 Å². The largest absolute Gasteiger partial charge is 0.468 e. The lowest BCUT2D eigenvalue weighted by Gasteiger charge is -2.34. The number of carbonyl (C=O) groups excluding carboxylic acids is 1. The maximum atomic E-state index is 12.7. The molecule has 0 atom stereocenters.